The molecule has 2 aromatic rings. The fourth-order valence-corrected chi connectivity index (χ4v) is 3.17. The molecule has 0 amide bonds. The maximum absolute atomic E-state index is 14.1. The van der Waals surface area contributed by atoms with Gasteiger partial charge in [-0.2, -0.15) is 5.26 Å². The van der Waals surface area contributed by atoms with E-state index in [0.29, 0.717) is 43.9 Å². The fourth-order valence-electron chi connectivity index (χ4n) is 3.17. The molecular weight excluding hydrogens is 319 g/mol. The maximum atomic E-state index is 14.1. The minimum absolute atomic E-state index is 0.00546. The van der Waals surface area contributed by atoms with Crippen molar-refractivity contribution >= 4 is 0 Å². The molecule has 0 aromatic heterocycles. The normalized spacial score (nSPS) is 19.3. The Bertz CT molecular complexity index is 745. The number of benzene rings is 2. The molecule has 1 aliphatic rings. The van der Waals surface area contributed by atoms with Crippen molar-refractivity contribution < 1.29 is 14.2 Å². The summed E-state index contributed by atoms with van der Waals surface area (Å²) in [6.07, 6.45) is -0.0745. The van der Waals surface area contributed by atoms with Crippen molar-refractivity contribution in [1.29, 1.82) is 5.26 Å². The molecule has 2 atom stereocenters. The quantitative estimate of drug-likeness (QED) is 0.909. The van der Waals surface area contributed by atoms with Crippen molar-refractivity contribution in [1.82, 2.24) is 4.90 Å². The van der Waals surface area contributed by atoms with E-state index in [1.165, 1.54) is 12.1 Å². The number of nitriles is 1. The first-order chi connectivity index (χ1) is 12.2. The van der Waals surface area contributed by atoms with Gasteiger partial charge in [0.05, 0.1) is 31.0 Å². The highest BCUT2D eigenvalue weighted by atomic mass is 19.1. The number of aliphatic hydroxyl groups excluding tert-OH is 1. The summed E-state index contributed by atoms with van der Waals surface area (Å²) >= 11 is 0. The SMILES string of the molecule is N#Cc1ccc(F)c(CN2CCOCC2CC(O)c2ccccc2)c1. The third-order valence-electron chi connectivity index (χ3n) is 4.58. The number of ether oxygens (including phenoxy) is 1. The molecule has 4 nitrogen and oxygen atoms in total. The number of halogens is 1. The van der Waals surface area contributed by atoms with E-state index in [1.54, 1.807) is 6.07 Å². The number of rotatable bonds is 5. The summed E-state index contributed by atoms with van der Waals surface area (Å²) in [6.45, 7) is 2.15. The lowest BCUT2D eigenvalue weighted by molar-refractivity contribution is -0.0303. The van der Waals surface area contributed by atoms with Gasteiger partial charge in [-0.1, -0.05) is 30.3 Å². The van der Waals surface area contributed by atoms with Crippen molar-refractivity contribution in [2.75, 3.05) is 19.8 Å². The van der Waals surface area contributed by atoms with E-state index in [2.05, 4.69) is 4.90 Å². The predicted octanol–water partition coefficient (Wildman–Crippen LogP) is 3.02. The summed E-state index contributed by atoms with van der Waals surface area (Å²) in [7, 11) is 0. The van der Waals surface area contributed by atoms with Crippen molar-refractivity contribution in [2.24, 2.45) is 0 Å². The third kappa shape index (κ3) is 4.43. The molecule has 130 valence electrons. The van der Waals surface area contributed by atoms with Crippen molar-refractivity contribution in [3.8, 4) is 6.07 Å². The van der Waals surface area contributed by atoms with Gasteiger partial charge in [-0.15, -0.1) is 0 Å². The summed E-state index contributed by atoms with van der Waals surface area (Å²) in [6, 6.07) is 16.0. The lowest BCUT2D eigenvalue weighted by Crippen LogP contribution is -2.45. The summed E-state index contributed by atoms with van der Waals surface area (Å²) in [4.78, 5) is 2.12. The highest BCUT2D eigenvalue weighted by molar-refractivity contribution is 5.33. The molecule has 2 aromatic carbocycles. The molecule has 5 heteroatoms. The Morgan fingerprint density at radius 1 is 1.28 bits per heavy atom. The van der Waals surface area contributed by atoms with Crippen LogP contribution >= 0.6 is 0 Å². The molecule has 0 bridgehead atoms. The van der Waals surface area contributed by atoms with Crippen molar-refractivity contribution in [3.63, 3.8) is 0 Å². The highest BCUT2D eigenvalue weighted by Crippen LogP contribution is 2.24. The molecule has 1 saturated heterocycles. The van der Waals surface area contributed by atoms with Crippen LogP contribution in [0, 0.1) is 17.1 Å². The third-order valence-corrected chi connectivity index (χ3v) is 4.58. The fraction of sp³-hybridized carbons (Fsp3) is 0.350. The van der Waals surface area contributed by atoms with Gasteiger partial charge in [0, 0.05) is 24.7 Å². The first-order valence-corrected chi connectivity index (χ1v) is 8.40. The average Bonchev–Trinajstić information content (AvgIpc) is 2.65. The van der Waals surface area contributed by atoms with E-state index in [4.69, 9.17) is 10.00 Å². The molecule has 1 fully saturated rings. The van der Waals surface area contributed by atoms with Crippen molar-refractivity contribution in [3.05, 3.63) is 71.0 Å². The molecular formula is C20H21FN2O2. The molecule has 1 heterocycles. The molecule has 0 radical (unpaired) electrons. The molecule has 1 aliphatic heterocycles. The minimum atomic E-state index is -0.592. The van der Waals surface area contributed by atoms with E-state index in [0.717, 1.165) is 5.56 Å². The number of hydrogen-bond donors (Lipinski definition) is 1. The Balaban J connectivity index is 1.72. The zero-order valence-electron chi connectivity index (χ0n) is 13.9. The Morgan fingerprint density at radius 2 is 2.08 bits per heavy atom. The van der Waals surface area contributed by atoms with Gasteiger partial charge in [0.25, 0.3) is 0 Å². The van der Waals surface area contributed by atoms with Gasteiger partial charge < -0.3 is 9.84 Å². The van der Waals surface area contributed by atoms with Crippen LogP contribution in [0.1, 0.15) is 29.2 Å². The van der Waals surface area contributed by atoms with Gasteiger partial charge in [-0.3, -0.25) is 4.90 Å². The number of aliphatic hydroxyl groups is 1. The summed E-state index contributed by atoms with van der Waals surface area (Å²) in [5.41, 5.74) is 1.82. The van der Waals surface area contributed by atoms with Crippen LogP contribution in [0.25, 0.3) is 0 Å². The Hall–Kier alpha value is -2.26. The van der Waals surface area contributed by atoms with Crippen LogP contribution in [0.3, 0.4) is 0 Å². The van der Waals surface area contributed by atoms with Gasteiger partial charge in [-0.05, 0) is 30.2 Å². The van der Waals surface area contributed by atoms with Gasteiger partial charge in [0.2, 0.25) is 0 Å². The molecule has 0 spiro atoms. The number of nitrogens with zero attached hydrogens (tertiary/aromatic N) is 2. The summed E-state index contributed by atoms with van der Waals surface area (Å²) in [5, 5.41) is 19.5. The lowest BCUT2D eigenvalue weighted by atomic mass is 10.00. The first kappa shape index (κ1) is 17.6. The maximum Gasteiger partial charge on any atom is 0.127 e. The van der Waals surface area contributed by atoms with Gasteiger partial charge in [0.1, 0.15) is 5.82 Å². The van der Waals surface area contributed by atoms with E-state index in [1.807, 2.05) is 36.4 Å². The summed E-state index contributed by atoms with van der Waals surface area (Å²) in [5.74, 6) is -0.312. The average molecular weight is 340 g/mol. The van der Waals surface area contributed by atoms with Crippen LogP contribution < -0.4 is 0 Å². The molecule has 2 unspecified atom stereocenters. The van der Waals surface area contributed by atoms with E-state index >= 15 is 0 Å². The minimum Gasteiger partial charge on any atom is -0.388 e. The zero-order valence-corrected chi connectivity index (χ0v) is 13.9. The van der Waals surface area contributed by atoms with E-state index in [9.17, 15) is 9.50 Å². The molecule has 0 aliphatic carbocycles. The second kappa shape index (κ2) is 8.21. The zero-order chi connectivity index (χ0) is 17.6. The van der Waals surface area contributed by atoms with Crippen LogP contribution in [0.5, 0.6) is 0 Å². The molecule has 1 N–H and O–H groups in total. The standard InChI is InChI=1S/C20H21FN2O2/c21-19-7-6-15(12-22)10-17(19)13-23-8-9-25-14-18(23)11-20(24)16-4-2-1-3-5-16/h1-7,10,18,20,24H,8-9,11,13-14H2. The van der Waals surface area contributed by atoms with Gasteiger partial charge in [-0.25, -0.2) is 4.39 Å². The smallest absolute Gasteiger partial charge is 0.127 e. The largest absolute Gasteiger partial charge is 0.388 e. The predicted molar refractivity (Wildman–Crippen MR) is 92.2 cm³/mol. The molecule has 0 saturated carbocycles. The van der Waals surface area contributed by atoms with E-state index in [-0.39, 0.29) is 11.9 Å². The second-order valence-corrected chi connectivity index (χ2v) is 6.28. The van der Waals surface area contributed by atoms with Gasteiger partial charge in [0.15, 0.2) is 0 Å². The van der Waals surface area contributed by atoms with E-state index < -0.39 is 6.10 Å². The Morgan fingerprint density at radius 3 is 2.84 bits per heavy atom. The van der Waals surface area contributed by atoms with Crippen LogP contribution in [0.15, 0.2) is 48.5 Å². The van der Waals surface area contributed by atoms with Crippen LogP contribution in [0.2, 0.25) is 0 Å². The van der Waals surface area contributed by atoms with Crippen LogP contribution in [-0.2, 0) is 11.3 Å². The summed E-state index contributed by atoms with van der Waals surface area (Å²) < 4.78 is 19.7. The highest BCUT2D eigenvalue weighted by Gasteiger charge is 2.26. The second-order valence-electron chi connectivity index (χ2n) is 6.28. The van der Waals surface area contributed by atoms with Crippen LogP contribution in [-0.4, -0.2) is 35.8 Å². The first-order valence-electron chi connectivity index (χ1n) is 8.40. The topological polar surface area (TPSA) is 56.5 Å². The molecule has 25 heavy (non-hydrogen) atoms. The number of morpholine rings is 1. The van der Waals surface area contributed by atoms with Crippen molar-refractivity contribution in [2.45, 2.75) is 25.1 Å². The van der Waals surface area contributed by atoms with Gasteiger partial charge >= 0.3 is 0 Å². The Kier molecular flexibility index (Phi) is 5.77. The lowest BCUT2D eigenvalue weighted by Gasteiger charge is -2.36. The van der Waals surface area contributed by atoms with Crippen LogP contribution in [0.4, 0.5) is 4.39 Å². The molecule has 3 rings (SSSR count). The monoisotopic (exact) mass is 340 g/mol. The Labute approximate surface area is 147 Å². The number of hydrogen-bond acceptors (Lipinski definition) is 4.